The van der Waals surface area contributed by atoms with Crippen LogP contribution in [0.25, 0.3) is 0 Å². The second-order valence-corrected chi connectivity index (χ2v) is 4.47. The SMILES string of the molecule is NC(=O)c1ccc(Br)cc1NC1CNC1. The Balaban J connectivity index is 2.24. The Bertz CT molecular complexity index is 390. The molecule has 0 unspecified atom stereocenters. The summed E-state index contributed by atoms with van der Waals surface area (Å²) in [6, 6.07) is 5.79. The average Bonchev–Trinajstić information content (AvgIpc) is 2.11. The monoisotopic (exact) mass is 269 g/mol. The molecule has 15 heavy (non-hydrogen) atoms. The quantitative estimate of drug-likeness (QED) is 0.765. The number of hydrogen-bond donors (Lipinski definition) is 3. The number of carbonyl (C=O) groups excluding carboxylic acids is 1. The van der Waals surface area contributed by atoms with Crippen LogP contribution in [-0.2, 0) is 0 Å². The molecule has 80 valence electrons. The molecule has 1 aliphatic heterocycles. The lowest BCUT2D eigenvalue weighted by Gasteiger charge is -2.29. The Morgan fingerprint density at radius 3 is 2.80 bits per heavy atom. The fourth-order valence-electron chi connectivity index (χ4n) is 1.46. The average molecular weight is 270 g/mol. The summed E-state index contributed by atoms with van der Waals surface area (Å²) in [5, 5.41) is 6.43. The van der Waals surface area contributed by atoms with Gasteiger partial charge in [0.25, 0.3) is 5.91 Å². The van der Waals surface area contributed by atoms with Crippen LogP contribution in [0.2, 0.25) is 0 Å². The molecule has 1 fully saturated rings. The summed E-state index contributed by atoms with van der Waals surface area (Å²) in [5.74, 6) is -0.405. The largest absolute Gasteiger partial charge is 0.379 e. The summed E-state index contributed by atoms with van der Waals surface area (Å²) in [6.07, 6.45) is 0. The molecule has 5 heteroatoms. The lowest BCUT2D eigenvalue weighted by Crippen LogP contribution is -2.51. The number of rotatable bonds is 3. The van der Waals surface area contributed by atoms with E-state index in [4.69, 9.17) is 5.73 Å². The molecule has 1 aromatic carbocycles. The molecule has 1 aromatic rings. The van der Waals surface area contributed by atoms with Crippen LogP contribution in [0.3, 0.4) is 0 Å². The van der Waals surface area contributed by atoms with Crippen molar-refractivity contribution in [1.29, 1.82) is 0 Å². The number of hydrogen-bond acceptors (Lipinski definition) is 3. The molecule has 0 saturated carbocycles. The van der Waals surface area contributed by atoms with Crippen LogP contribution >= 0.6 is 15.9 Å². The van der Waals surface area contributed by atoms with E-state index >= 15 is 0 Å². The van der Waals surface area contributed by atoms with Crippen molar-refractivity contribution < 1.29 is 4.79 Å². The minimum absolute atomic E-state index is 0.386. The highest BCUT2D eigenvalue weighted by Crippen LogP contribution is 2.22. The third-order valence-electron chi connectivity index (χ3n) is 2.39. The van der Waals surface area contributed by atoms with Crippen molar-refractivity contribution in [3.05, 3.63) is 28.2 Å². The van der Waals surface area contributed by atoms with Crippen LogP contribution in [0.15, 0.2) is 22.7 Å². The topological polar surface area (TPSA) is 67.2 Å². The highest BCUT2D eigenvalue weighted by atomic mass is 79.9. The molecule has 0 radical (unpaired) electrons. The number of primary amides is 1. The van der Waals surface area contributed by atoms with Gasteiger partial charge in [0, 0.05) is 23.2 Å². The number of benzene rings is 1. The molecule has 4 nitrogen and oxygen atoms in total. The van der Waals surface area contributed by atoms with Gasteiger partial charge in [-0.3, -0.25) is 4.79 Å². The number of nitrogens with two attached hydrogens (primary N) is 1. The molecular formula is C10H12BrN3O. The van der Waals surface area contributed by atoms with Crippen LogP contribution in [0, 0.1) is 0 Å². The fraction of sp³-hybridized carbons (Fsp3) is 0.300. The van der Waals surface area contributed by atoms with E-state index in [2.05, 4.69) is 26.6 Å². The predicted octanol–water partition coefficient (Wildman–Crippen LogP) is 0.932. The summed E-state index contributed by atoms with van der Waals surface area (Å²) in [6.45, 7) is 1.84. The van der Waals surface area contributed by atoms with Crippen LogP contribution < -0.4 is 16.4 Å². The van der Waals surface area contributed by atoms with E-state index in [9.17, 15) is 4.79 Å². The van der Waals surface area contributed by atoms with Crippen molar-refractivity contribution in [2.75, 3.05) is 18.4 Å². The fourth-order valence-corrected chi connectivity index (χ4v) is 1.82. The second-order valence-electron chi connectivity index (χ2n) is 3.55. The molecule has 0 aliphatic carbocycles. The molecule has 1 saturated heterocycles. The molecule has 1 heterocycles. The first-order chi connectivity index (χ1) is 7.16. The number of halogens is 1. The maximum absolute atomic E-state index is 11.2. The lowest BCUT2D eigenvalue weighted by atomic mass is 10.1. The summed E-state index contributed by atoms with van der Waals surface area (Å²) in [7, 11) is 0. The Morgan fingerprint density at radius 2 is 2.27 bits per heavy atom. The smallest absolute Gasteiger partial charge is 0.250 e. The number of nitrogens with one attached hydrogen (secondary N) is 2. The first-order valence-electron chi connectivity index (χ1n) is 4.73. The molecular weight excluding hydrogens is 258 g/mol. The highest BCUT2D eigenvalue weighted by Gasteiger charge is 2.18. The minimum atomic E-state index is -0.405. The van der Waals surface area contributed by atoms with Crippen molar-refractivity contribution in [2.45, 2.75) is 6.04 Å². The van der Waals surface area contributed by atoms with Gasteiger partial charge in [0.15, 0.2) is 0 Å². The van der Waals surface area contributed by atoms with Gasteiger partial charge in [0.2, 0.25) is 0 Å². The van der Waals surface area contributed by atoms with Gasteiger partial charge in [0.1, 0.15) is 0 Å². The third kappa shape index (κ3) is 2.30. The lowest BCUT2D eigenvalue weighted by molar-refractivity contribution is 0.100. The van der Waals surface area contributed by atoms with Gasteiger partial charge < -0.3 is 16.4 Å². The molecule has 0 atom stereocenters. The Morgan fingerprint density at radius 1 is 1.53 bits per heavy atom. The van der Waals surface area contributed by atoms with Gasteiger partial charge in [-0.05, 0) is 18.2 Å². The summed E-state index contributed by atoms with van der Waals surface area (Å²) < 4.78 is 0.933. The normalized spacial score (nSPS) is 15.8. The molecule has 1 aliphatic rings. The van der Waals surface area contributed by atoms with Crippen molar-refractivity contribution in [2.24, 2.45) is 5.73 Å². The van der Waals surface area contributed by atoms with Gasteiger partial charge in [-0.1, -0.05) is 15.9 Å². The van der Waals surface area contributed by atoms with Gasteiger partial charge in [-0.2, -0.15) is 0 Å². The summed E-state index contributed by atoms with van der Waals surface area (Å²) in [5.41, 5.74) is 6.62. The van der Waals surface area contributed by atoms with E-state index in [0.717, 1.165) is 23.2 Å². The standard InChI is InChI=1S/C10H12BrN3O/c11-6-1-2-8(10(12)15)9(3-6)14-7-4-13-5-7/h1-3,7,13-14H,4-5H2,(H2,12,15). The van der Waals surface area contributed by atoms with E-state index in [1.807, 2.05) is 12.1 Å². The second kappa shape index (κ2) is 4.20. The van der Waals surface area contributed by atoms with Crippen molar-refractivity contribution in [3.8, 4) is 0 Å². The van der Waals surface area contributed by atoms with Crippen molar-refractivity contribution >= 4 is 27.5 Å². The number of carbonyl (C=O) groups is 1. The molecule has 4 N–H and O–H groups in total. The maximum Gasteiger partial charge on any atom is 0.250 e. The first kappa shape index (κ1) is 10.4. The third-order valence-corrected chi connectivity index (χ3v) is 2.88. The molecule has 2 rings (SSSR count). The maximum atomic E-state index is 11.2. The van der Waals surface area contributed by atoms with Gasteiger partial charge in [-0.25, -0.2) is 0 Å². The van der Waals surface area contributed by atoms with Gasteiger partial charge >= 0.3 is 0 Å². The van der Waals surface area contributed by atoms with Crippen LogP contribution in [0.5, 0.6) is 0 Å². The number of amides is 1. The molecule has 0 bridgehead atoms. The zero-order chi connectivity index (χ0) is 10.8. The van der Waals surface area contributed by atoms with Crippen LogP contribution in [0.4, 0.5) is 5.69 Å². The highest BCUT2D eigenvalue weighted by molar-refractivity contribution is 9.10. The van der Waals surface area contributed by atoms with E-state index in [-0.39, 0.29) is 0 Å². The Labute approximate surface area is 96.4 Å². The Hall–Kier alpha value is -1.07. The zero-order valence-electron chi connectivity index (χ0n) is 8.09. The van der Waals surface area contributed by atoms with Crippen LogP contribution in [-0.4, -0.2) is 25.0 Å². The first-order valence-corrected chi connectivity index (χ1v) is 5.53. The van der Waals surface area contributed by atoms with E-state index < -0.39 is 5.91 Å². The van der Waals surface area contributed by atoms with Crippen LogP contribution in [0.1, 0.15) is 10.4 Å². The number of anilines is 1. The zero-order valence-corrected chi connectivity index (χ0v) is 9.67. The molecule has 0 spiro atoms. The minimum Gasteiger partial charge on any atom is -0.379 e. The summed E-state index contributed by atoms with van der Waals surface area (Å²) >= 11 is 3.37. The van der Waals surface area contributed by atoms with E-state index in [1.54, 1.807) is 6.07 Å². The Kier molecular flexibility index (Phi) is 2.93. The van der Waals surface area contributed by atoms with E-state index in [0.29, 0.717) is 11.6 Å². The molecule has 1 amide bonds. The van der Waals surface area contributed by atoms with E-state index in [1.165, 1.54) is 0 Å². The summed E-state index contributed by atoms with van der Waals surface area (Å²) in [4.78, 5) is 11.2. The van der Waals surface area contributed by atoms with Crippen molar-refractivity contribution in [1.82, 2.24) is 5.32 Å². The van der Waals surface area contributed by atoms with Gasteiger partial charge in [-0.15, -0.1) is 0 Å². The predicted molar refractivity (Wildman–Crippen MR) is 62.9 cm³/mol. The van der Waals surface area contributed by atoms with Gasteiger partial charge in [0.05, 0.1) is 11.6 Å². The molecule has 0 aromatic heterocycles. The van der Waals surface area contributed by atoms with Crippen molar-refractivity contribution in [3.63, 3.8) is 0 Å².